The van der Waals surface area contributed by atoms with Crippen molar-refractivity contribution in [2.75, 3.05) is 0 Å². The molecule has 132 valence electrons. The van der Waals surface area contributed by atoms with Gasteiger partial charge >= 0.3 is 5.97 Å². The van der Waals surface area contributed by atoms with Crippen LogP contribution in [-0.4, -0.2) is 14.8 Å². The van der Waals surface area contributed by atoms with Crippen LogP contribution in [0.3, 0.4) is 0 Å². The first kappa shape index (κ1) is 18.2. The fourth-order valence-corrected chi connectivity index (χ4v) is 7.31. The predicted octanol–water partition coefficient (Wildman–Crippen LogP) is 6.07. The van der Waals surface area contributed by atoms with Gasteiger partial charge in [0.2, 0.25) is 0 Å². The van der Waals surface area contributed by atoms with Gasteiger partial charge in [-0.1, -0.05) is 55.2 Å². The number of ether oxygens (including phenoxy) is 1. The maximum Gasteiger partial charge on any atom is 0.343 e. The summed E-state index contributed by atoms with van der Waals surface area (Å²) in [5.41, 5.74) is 1.96. The Morgan fingerprint density at radius 3 is 2.32 bits per heavy atom. The van der Waals surface area contributed by atoms with Crippen molar-refractivity contribution in [3.05, 3.63) is 64.7 Å². The highest BCUT2D eigenvalue weighted by Crippen LogP contribution is 2.35. The summed E-state index contributed by atoms with van der Waals surface area (Å²) in [6, 6.07) is 19.3. The molecule has 0 radical (unpaired) electrons. The molecule has 2 nitrogen and oxygen atoms in total. The van der Waals surface area contributed by atoms with Crippen LogP contribution in [0.4, 0.5) is 0 Å². The van der Waals surface area contributed by atoms with Crippen molar-refractivity contribution in [2.45, 2.75) is 50.2 Å². The minimum Gasteiger partial charge on any atom is -0.423 e. The molecule has 0 bridgehead atoms. The number of esters is 1. The van der Waals surface area contributed by atoms with Crippen molar-refractivity contribution >= 4 is 26.4 Å². The van der Waals surface area contributed by atoms with E-state index < -0.39 is 8.80 Å². The molecule has 25 heavy (non-hydrogen) atoms. The Morgan fingerprint density at radius 1 is 1.08 bits per heavy atom. The number of carbonyl (C=O) groups excluding carboxylic acids is 1. The Labute approximate surface area is 156 Å². The Balaban J connectivity index is 1.58. The molecule has 2 aromatic carbocycles. The summed E-state index contributed by atoms with van der Waals surface area (Å²) in [6.07, 6.45) is 4.00. The Bertz CT molecular complexity index is 689. The number of rotatable bonds is 5. The van der Waals surface area contributed by atoms with E-state index in [9.17, 15) is 4.79 Å². The molecule has 0 spiro atoms. The van der Waals surface area contributed by atoms with E-state index in [4.69, 9.17) is 16.3 Å². The first-order valence-corrected chi connectivity index (χ1v) is 12.1. The van der Waals surface area contributed by atoms with E-state index in [1.807, 2.05) is 12.1 Å². The van der Waals surface area contributed by atoms with Gasteiger partial charge < -0.3 is 4.74 Å². The minimum absolute atomic E-state index is 0.326. The van der Waals surface area contributed by atoms with Crippen molar-refractivity contribution in [2.24, 2.45) is 0 Å². The zero-order valence-electron chi connectivity index (χ0n) is 14.7. The van der Waals surface area contributed by atoms with Crippen LogP contribution in [-0.2, 0) is 0 Å². The molecule has 1 aliphatic heterocycles. The summed E-state index contributed by atoms with van der Waals surface area (Å²) in [6.45, 7) is 2.31. The van der Waals surface area contributed by atoms with Crippen LogP contribution in [0.25, 0.3) is 0 Å². The van der Waals surface area contributed by atoms with Gasteiger partial charge in [0.25, 0.3) is 0 Å². The highest BCUT2D eigenvalue weighted by atomic mass is 35.5. The molecule has 1 saturated heterocycles. The lowest BCUT2D eigenvalue weighted by molar-refractivity contribution is 0.0734. The fourth-order valence-electron chi connectivity index (χ4n) is 3.75. The lowest BCUT2D eigenvalue weighted by Gasteiger charge is -2.27. The van der Waals surface area contributed by atoms with E-state index in [0.717, 1.165) is 0 Å². The Kier molecular flexibility index (Phi) is 6.32. The first-order chi connectivity index (χ1) is 12.2. The highest BCUT2D eigenvalue weighted by molar-refractivity contribution is 6.59. The van der Waals surface area contributed by atoms with Crippen molar-refractivity contribution in [3.63, 3.8) is 0 Å². The van der Waals surface area contributed by atoms with E-state index >= 15 is 0 Å². The van der Waals surface area contributed by atoms with Crippen molar-refractivity contribution < 1.29 is 9.53 Å². The third kappa shape index (κ3) is 4.96. The number of benzene rings is 2. The number of hydrogen-bond acceptors (Lipinski definition) is 2. The van der Waals surface area contributed by atoms with Crippen LogP contribution in [0, 0.1) is 0 Å². The Morgan fingerprint density at radius 2 is 1.72 bits per heavy atom. The molecule has 0 unspecified atom stereocenters. The minimum atomic E-state index is -0.442. The standard InChI is InChI=1S/C21H25ClO2Si/c1-2-13-25-14-11-17(12-15-25)16-3-5-18(6-4-16)21(23)24-20-9-7-19(22)8-10-20/h3-10,17,25H,2,11-15H2,1H3/t17-,25-. The smallest absolute Gasteiger partial charge is 0.343 e. The summed E-state index contributed by atoms with van der Waals surface area (Å²) in [4.78, 5) is 12.3. The summed E-state index contributed by atoms with van der Waals surface area (Å²) >= 11 is 5.84. The van der Waals surface area contributed by atoms with Gasteiger partial charge in [-0.15, -0.1) is 0 Å². The largest absolute Gasteiger partial charge is 0.423 e. The van der Waals surface area contributed by atoms with Gasteiger partial charge in [-0.25, -0.2) is 4.79 Å². The van der Waals surface area contributed by atoms with Gasteiger partial charge in [0, 0.05) is 13.8 Å². The summed E-state index contributed by atoms with van der Waals surface area (Å²) < 4.78 is 5.39. The van der Waals surface area contributed by atoms with Crippen LogP contribution in [0.5, 0.6) is 5.75 Å². The molecular weight excluding hydrogens is 348 g/mol. The van der Waals surface area contributed by atoms with Crippen LogP contribution < -0.4 is 4.74 Å². The van der Waals surface area contributed by atoms with Crippen LogP contribution >= 0.6 is 11.6 Å². The molecule has 1 aliphatic rings. The van der Waals surface area contributed by atoms with Crippen LogP contribution in [0.1, 0.15) is 48.0 Å². The van der Waals surface area contributed by atoms with E-state index in [0.29, 0.717) is 22.3 Å². The van der Waals surface area contributed by atoms with Gasteiger partial charge in [0.05, 0.1) is 5.56 Å². The average molecular weight is 373 g/mol. The topological polar surface area (TPSA) is 26.3 Å². The molecule has 0 saturated carbocycles. The third-order valence-corrected chi connectivity index (χ3v) is 9.13. The van der Waals surface area contributed by atoms with E-state index in [1.54, 1.807) is 24.3 Å². The van der Waals surface area contributed by atoms with Gasteiger partial charge in [0.1, 0.15) is 5.75 Å². The molecule has 4 heteroatoms. The normalized spacial score (nSPS) is 20.2. The van der Waals surface area contributed by atoms with Gasteiger partial charge in [0.15, 0.2) is 0 Å². The van der Waals surface area contributed by atoms with E-state index in [-0.39, 0.29) is 5.97 Å². The molecular formula is C21H25ClO2Si. The van der Waals surface area contributed by atoms with Crippen LogP contribution in [0.15, 0.2) is 48.5 Å². The number of carbonyl (C=O) groups is 1. The van der Waals surface area contributed by atoms with Crippen molar-refractivity contribution in [1.29, 1.82) is 0 Å². The fraction of sp³-hybridized carbons (Fsp3) is 0.381. The number of hydrogen-bond donors (Lipinski definition) is 0. The molecule has 0 aliphatic carbocycles. The molecule has 0 atom stereocenters. The molecule has 0 N–H and O–H groups in total. The highest BCUT2D eigenvalue weighted by Gasteiger charge is 2.22. The lowest BCUT2D eigenvalue weighted by atomic mass is 9.93. The maximum atomic E-state index is 12.3. The van der Waals surface area contributed by atoms with Crippen LogP contribution in [0.2, 0.25) is 23.2 Å². The molecule has 1 fully saturated rings. The second kappa shape index (κ2) is 8.68. The van der Waals surface area contributed by atoms with Crippen molar-refractivity contribution in [1.82, 2.24) is 0 Å². The maximum absolute atomic E-state index is 12.3. The SMILES string of the molecule is CCC[Si@H]1CC[C@H](c2ccc(C(=O)Oc3ccc(Cl)cc3)cc2)CC1. The molecule has 3 rings (SSSR count). The quantitative estimate of drug-likeness (QED) is 0.361. The zero-order valence-corrected chi connectivity index (χ0v) is 16.6. The first-order valence-electron chi connectivity index (χ1n) is 9.23. The summed E-state index contributed by atoms with van der Waals surface area (Å²) in [7, 11) is -0.442. The van der Waals surface area contributed by atoms with E-state index in [1.165, 1.54) is 43.0 Å². The third-order valence-electron chi connectivity index (χ3n) is 5.19. The second-order valence-electron chi connectivity index (χ2n) is 6.97. The predicted molar refractivity (Wildman–Crippen MR) is 107 cm³/mol. The Hall–Kier alpha value is -1.58. The summed E-state index contributed by atoms with van der Waals surface area (Å²) in [5.74, 6) is 0.854. The van der Waals surface area contributed by atoms with Gasteiger partial charge in [-0.3, -0.25) is 0 Å². The molecule has 0 aromatic heterocycles. The lowest BCUT2D eigenvalue weighted by Crippen LogP contribution is -2.20. The molecule has 0 amide bonds. The van der Waals surface area contributed by atoms with Crippen molar-refractivity contribution in [3.8, 4) is 5.75 Å². The molecule has 1 heterocycles. The summed E-state index contributed by atoms with van der Waals surface area (Å²) in [5, 5.41) is 0.626. The zero-order chi connectivity index (χ0) is 17.6. The van der Waals surface area contributed by atoms with Gasteiger partial charge in [-0.2, -0.15) is 0 Å². The number of halogens is 1. The average Bonchev–Trinajstić information content (AvgIpc) is 2.65. The molecule has 2 aromatic rings. The second-order valence-corrected chi connectivity index (χ2v) is 10.9. The van der Waals surface area contributed by atoms with Gasteiger partial charge in [-0.05, 0) is 60.7 Å². The monoisotopic (exact) mass is 372 g/mol. The van der Waals surface area contributed by atoms with E-state index in [2.05, 4.69) is 19.1 Å².